The quantitative estimate of drug-likeness (QED) is 0.825. The molecule has 0 unspecified atom stereocenters. The lowest BCUT2D eigenvalue weighted by Crippen LogP contribution is -2.41. The van der Waals surface area contributed by atoms with Crippen LogP contribution in [0, 0.1) is 0 Å². The van der Waals surface area contributed by atoms with E-state index in [0.717, 1.165) is 44.0 Å². The molecule has 0 aliphatic carbocycles. The van der Waals surface area contributed by atoms with Crippen molar-refractivity contribution in [3.63, 3.8) is 0 Å². The van der Waals surface area contributed by atoms with E-state index >= 15 is 0 Å². The van der Waals surface area contributed by atoms with Gasteiger partial charge >= 0.3 is 0 Å². The summed E-state index contributed by atoms with van der Waals surface area (Å²) in [6, 6.07) is 7.47. The summed E-state index contributed by atoms with van der Waals surface area (Å²) in [6.45, 7) is 4.42. The number of furan rings is 1. The van der Waals surface area contributed by atoms with E-state index in [4.69, 9.17) is 9.15 Å². The molecule has 0 aromatic carbocycles. The molecule has 0 bridgehead atoms. The van der Waals surface area contributed by atoms with E-state index < -0.39 is 0 Å². The summed E-state index contributed by atoms with van der Waals surface area (Å²) in [7, 11) is 0. The number of carbonyl (C=O) groups excluding carboxylic acids is 1. The van der Waals surface area contributed by atoms with Crippen molar-refractivity contribution in [2.45, 2.75) is 38.3 Å². The van der Waals surface area contributed by atoms with Crippen LogP contribution in [0.3, 0.4) is 0 Å². The van der Waals surface area contributed by atoms with Gasteiger partial charge in [0.15, 0.2) is 5.76 Å². The van der Waals surface area contributed by atoms with Crippen LogP contribution < -0.4 is 4.74 Å². The summed E-state index contributed by atoms with van der Waals surface area (Å²) in [4.78, 5) is 20.9. The van der Waals surface area contributed by atoms with E-state index in [1.54, 1.807) is 12.4 Å². The standard InChI is InChI=1S/C20H25N3O3/c24-20(19-4-3-18(26-19)15-22-11-1-2-12-22)23-13-7-17(8-14-23)25-16-5-9-21-10-6-16/h3-6,9-10,17H,1-2,7-8,11-15H2. The summed E-state index contributed by atoms with van der Waals surface area (Å²) in [5, 5.41) is 0. The zero-order valence-corrected chi connectivity index (χ0v) is 15.0. The number of rotatable bonds is 5. The number of nitrogens with zero attached hydrogens (tertiary/aromatic N) is 3. The minimum absolute atomic E-state index is 0.0139. The van der Waals surface area contributed by atoms with Crippen LogP contribution in [0.4, 0.5) is 0 Å². The predicted octanol–water partition coefficient (Wildman–Crippen LogP) is 2.95. The summed E-state index contributed by atoms with van der Waals surface area (Å²) in [5.74, 6) is 2.15. The maximum Gasteiger partial charge on any atom is 0.289 e. The van der Waals surface area contributed by atoms with Gasteiger partial charge in [-0.15, -0.1) is 0 Å². The molecule has 4 rings (SSSR count). The molecule has 26 heavy (non-hydrogen) atoms. The molecule has 0 N–H and O–H groups in total. The second-order valence-corrected chi connectivity index (χ2v) is 7.04. The fourth-order valence-corrected chi connectivity index (χ4v) is 3.68. The lowest BCUT2D eigenvalue weighted by molar-refractivity contribution is 0.0564. The molecular weight excluding hydrogens is 330 g/mol. The summed E-state index contributed by atoms with van der Waals surface area (Å²) < 4.78 is 11.8. The van der Waals surface area contributed by atoms with Crippen LogP contribution in [0.1, 0.15) is 42.0 Å². The molecule has 4 heterocycles. The zero-order chi connectivity index (χ0) is 17.8. The minimum atomic E-state index is -0.0139. The molecule has 0 spiro atoms. The number of hydrogen-bond acceptors (Lipinski definition) is 5. The molecule has 0 atom stereocenters. The first kappa shape index (κ1) is 17.1. The Morgan fingerprint density at radius 1 is 1.08 bits per heavy atom. The largest absolute Gasteiger partial charge is 0.490 e. The number of amides is 1. The fraction of sp³-hybridized carbons (Fsp3) is 0.500. The topological polar surface area (TPSA) is 58.8 Å². The number of pyridine rings is 1. The average molecular weight is 355 g/mol. The van der Waals surface area contributed by atoms with Gasteiger partial charge < -0.3 is 14.1 Å². The molecule has 2 saturated heterocycles. The first-order valence-electron chi connectivity index (χ1n) is 9.45. The molecule has 1 amide bonds. The van der Waals surface area contributed by atoms with Crippen LogP contribution in [0.2, 0.25) is 0 Å². The van der Waals surface area contributed by atoms with Crippen molar-refractivity contribution >= 4 is 5.91 Å². The Balaban J connectivity index is 1.28. The third-order valence-corrected chi connectivity index (χ3v) is 5.13. The van der Waals surface area contributed by atoms with E-state index in [1.165, 1.54) is 12.8 Å². The molecular formula is C20H25N3O3. The SMILES string of the molecule is O=C(c1ccc(CN2CCCC2)o1)N1CCC(Oc2ccncc2)CC1. The maximum atomic E-state index is 12.7. The Kier molecular flexibility index (Phi) is 5.20. The van der Waals surface area contributed by atoms with Gasteiger partial charge in [0.2, 0.25) is 0 Å². The van der Waals surface area contributed by atoms with Gasteiger partial charge in [0.25, 0.3) is 5.91 Å². The van der Waals surface area contributed by atoms with Gasteiger partial charge in [-0.3, -0.25) is 14.7 Å². The smallest absolute Gasteiger partial charge is 0.289 e. The molecule has 2 aliphatic heterocycles. The van der Waals surface area contributed by atoms with E-state index in [9.17, 15) is 4.79 Å². The highest BCUT2D eigenvalue weighted by atomic mass is 16.5. The highest BCUT2D eigenvalue weighted by molar-refractivity contribution is 5.91. The maximum absolute atomic E-state index is 12.7. The van der Waals surface area contributed by atoms with E-state index in [-0.39, 0.29) is 12.0 Å². The van der Waals surface area contributed by atoms with Crippen molar-refractivity contribution < 1.29 is 13.9 Å². The van der Waals surface area contributed by atoms with Gasteiger partial charge in [-0.25, -0.2) is 0 Å². The van der Waals surface area contributed by atoms with Crippen LogP contribution in [-0.4, -0.2) is 53.0 Å². The molecule has 0 radical (unpaired) electrons. The van der Waals surface area contributed by atoms with Crippen LogP contribution in [-0.2, 0) is 6.54 Å². The molecule has 6 heteroatoms. The Morgan fingerprint density at radius 2 is 1.81 bits per heavy atom. The van der Waals surface area contributed by atoms with Gasteiger partial charge in [0.1, 0.15) is 17.6 Å². The summed E-state index contributed by atoms with van der Waals surface area (Å²) in [6.07, 6.45) is 7.76. The molecule has 2 aliphatic rings. The average Bonchev–Trinajstić information content (AvgIpc) is 3.35. The van der Waals surface area contributed by atoms with Gasteiger partial charge in [-0.05, 0) is 50.2 Å². The zero-order valence-electron chi connectivity index (χ0n) is 15.0. The summed E-state index contributed by atoms with van der Waals surface area (Å²) >= 11 is 0. The van der Waals surface area contributed by atoms with Crippen molar-refractivity contribution in [3.8, 4) is 5.75 Å². The second kappa shape index (κ2) is 7.91. The molecule has 138 valence electrons. The molecule has 2 aromatic rings. The van der Waals surface area contributed by atoms with Gasteiger partial charge in [0.05, 0.1) is 6.54 Å². The van der Waals surface area contributed by atoms with Crippen molar-refractivity contribution in [2.75, 3.05) is 26.2 Å². The van der Waals surface area contributed by atoms with Crippen molar-refractivity contribution in [1.29, 1.82) is 0 Å². The molecule has 0 saturated carbocycles. The van der Waals surface area contributed by atoms with Crippen LogP contribution >= 0.6 is 0 Å². The molecule has 6 nitrogen and oxygen atoms in total. The normalized spacial score (nSPS) is 19.0. The predicted molar refractivity (Wildman–Crippen MR) is 97.0 cm³/mol. The second-order valence-electron chi connectivity index (χ2n) is 7.04. The van der Waals surface area contributed by atoms with Gasteiger partial charge in [0, 0.05) is 38.3 Å². The van der Waals surface area contributed by atoms with Crippen molar-refractivity contribution in [3.05, 3.63) is 48.2 Å². The van der Waals surface area contributed by atoms with Crippen molar-refractivity contribution in [1.82, 2.24) is 14.8 Å². The Hall–Kier alpha value is -2.34. The third-order valence-electron chi connectivity index (χ3n) is 5.13. The number of hydrogen-bond donors (Lipinski definition) is 0. The van der Waals surface area contributed by atoms with E-state index in [0.29, 0.717) is 18.8 Å². The first-order chi connectivity index (χ1) is 12.8. The van der Waals surface area contributed by atoms with E-state index in [2.05, 4.69) is 9.88 Å². The number of aromatic nitrogens is 1. The Bertz CT molecular complexity index is 717. The highest BCUT2D eigenvalue weighted by Crippen LogP contribution is 2.21. The van der Waals surface area contributed by atoms with Crippen LogP contribution in [0.25, 0.3) is 0 Å². The Labute approximate surface area is 153 Å². The first-order valence-corrected chi connectivity index (χ1v) is 9.45. The lowest BCUT2D eigenvalue weighted by atomic mass is 10.1. The number of ether oxygens (including phenoxy) is 1. The fourth-order valence-electron chi connectivity index (χ4n) is 3.68. The monoisotopic (exact) mass is 355 g/mol. The molecule has 2 fully saturated rings. The van der Waals surface area contributed by atoms with Crippen LogP contribution in [0.5, 0.6) is 5.75 Å². The van der Waals surface area contributed by atoms with Gasteiger partial charge in [-0.1, -0.05) is 0 Å². The molecule has 2 aromatic heterocycles. The number of likely N-dealkylation sites (tertiary alicyclic amines) is 2. The third kappa shape index (κ3) is 4.07. The van der Waals surface area contributed by atoms with Crippen LogP contribution in [0.15, 0.2) is 41.1 Å². The van der Waals surface area contributed by atoms with E-state index in [1.807, 2.05) is 29.2 Å². The number of piperidine rings is 1. The number of carbonyl (C=O) groups is 1. The highest BCUT2D eigenvalue weighted by Gasteiger charge is 2.26. The minimum Gasteiger partial charge on any atom is -0.490 e. The van der Waals surface area contributed by atoms with Gasteiger partial charge in [-0.2, -0.15) is 0 Å². The lowest BCUT2D eigenvalue weighted by Gasteiger charge is -2.31. The summed E-state index contributed by atoms with van der Waals surface area (Å²) in [5.41, 5.74) is 0. The van der Waals surface area contributed by atoms with Crippen molar-refractivity contribution in [2.24, 2.45) is 0 Å². The Morgan fingerprint density at radius 3 is 2.54 bits per heavy atom.